The molecule has 1 N–H and O–H groups in total. The number of nitrogens with zero attached hydrogens (tertiary/aromatic N) is 2. The van der Waals surface area contributed by atoms with Gasteiger partial charge >= 0.3 is 0 Å². The molecule has 0 aliphatic heterocycles. The second kappa shape index (κ2) is 5.17. The van der Waals surface area contributed by atoms with E-state index in [-0.39, 0.29) is 5.56 Å². The first-order valence-corrected chi connectivity index (χ1v) is 5.67. The number of amides is 1. The number of rotatable bonds is 3. The molecule has 2 aromatic rings. The van der Waals surface area contributed by atoms with Crippen LogP contribution in [-0.4, -0.2) is 15.7 Å². The first kappa shape index (κ1) is 13.2. The summed E-state index contributed by atoms with van der Waals surface area (Å²) in [6.07, 6.45) is -1.49. The lowest BCUT2D eigenvalue weighted by molar-refractivity contribution is 0.101. The predicted molar refractivity (Wildman–Crippen MR) is 67.3 cm³/mol. The summed E-state index contributed by atoms with van der Waals surface area (Å²) in [4.78, 5) is 12.0. The second-order valence-corrected chi connectivity index (χ2v) is 4.17. The van der Waals surface area contributed by atoms with Crippen LogP contribution in [-0.2, 0) is 7.05 Å². The maximum absolute atomic E-state index is 12.8. The zero-order chi connectivity index (χ0) is 14.0. The van der Waals surface area contributed by atoms with Crippen LogP contribution < -0.4 is 5.32 Å². The van der Waals surface area contributed by atoms with Gasteiger partial charge in [-0.2, -0.15) is 5.10 Å². The largest absolute Gasteiger partial charge is 0.322 e. The molecule has 1 amide bonds. The van der Waals surface area contributed by atoms with Gasteiger partial charge in [-0.05, 0) is 18.6 Å². The molecule has 2 rings (SSSR count). The molecule has 0 aliphatic carbocycles. The standard InChI is InChI=1S/C13H13F2N3O/c1-8-5-3-4-6-10(8)16-13(19)9-7-18(2)17-11(9)12(14)15/h3-7,12H,1-2H3,(H,16,19). The Morgan fingerprint density at radius 2 is 2.05 bits per heavy atom. The zero-order valence-electron chi connectivity index (χ0n) is 10.5. The van der Waals surface area contributed by atoms with E-state index in [9.17, 15) is 13.6 Å². The number of hydrogen-bond donors (Lipinski definition) is 1. The van der Waals surface area contributed by atoms with Gasteiger partial charge < -0.3 is 5.32 Å². The van der Waals surface area contributed by atoms with Gasteiger partial charge in [0.25, 0.3) is 12.3 Å². The maximum atomic E-state index is 12.8. The molecule has 0 atom stereocenters. The van der Waals surface area contributed by atoms with Gasteiger partial charge in [0.15, 0.2) is 0 Å². The highest BCUT2D eigenvalue weighted by atomic mass is 19.3. The van der Waals surface area contributed by atoms with E-state index < -0.39 is 18.0 Å². The van der Waals surface area contributed by atoms with Crippen molar-refractivity contribution in [3.05, 3.63) is 47.3 Å². The maximum Gasteiger partial charge on any atom is 0.282 e. The molecular weight excluding hydrogens is 252 g/mol. The highest BCUT2D eigenvalue weighted by molar-refractivity contribution is 6.05. The Bertz CT molecular complexity index is 608. The number of nitrogens with one attached hydrogen (secondary N) is 1. The van der Waals surface area contributed by atoms with Crippen LogP contribution in [0, 0.1) is 6.92 Å². The average Bonchev–Trinajstić information content (AvgIpc) is 2.74. The Labute approximate surface area is 109 Å². The molecule has 19 heavy (non-hydrogen) atoms. The van der Waals surface area contributed by atoms with E-state index in [2.05, 4.69) is 10.4 Å². The van der Waals surface area contributed by atoms with Crippen LogP contribution in [0.15, 0.2) is 30.5 Å². The van der Waals surface area contributed by atoms with E-state index in [4.69, 9.17) is 0 Å². The zero-order valence-corrected chi connectivity index (χ0v) is 10.5. The molecule has 0 aliphatic rings. The van der Waals surface area contributed by atoms with Crippen molar-refractivity contribution in [1.29, 1.82) is 0 Å². The molecule has 0 unspecified atom stereocenters. The minimum Gasteiger partial charge on any atom is -0.322 e. The minimum atomic E-state index is -2.78. The van der Waals surface area contributed by atoms with Gasteiger partial charge in [0.05, 0.1) is 5.56 Å². The number of aryl methyl sites for hydroxylation is 2. The third kappa shape index (κ3) is 2.78. The monoisotopic (exact) mass is 265 g/mol. The Kier molecular flexibility index (Phi) is 3.59. The highest BCUT2D eigenvalue weighted by Crippen LogP contribution is 2.22. The van der Waals surface area contributed by atoms with Gasteiger partial charge in [-0.25, -0.2) is 8.78 Å². The van der Waals surface area contributed by atoms with E-state index >= 15 is 0 Å². The van der Waals surface area contributed by atoms with Crippen molar-refractivity contribution < 1.29 is 13.6 Å². The number of benzene rings is 1. The van der Waals surface area contributed by atoms with Crippen molar-refractivity contribution in [2.45, 2.75) is 13.3 Å². The molecular formula is C13H13F2N3O. The fourth-order valence-electron chi connectivity index (χ4n) is 1.74. The van der Waals surface area contributed by atoms with Crippen molar-refractivity contribution in [1.82, 2.24) is 9.78 Å². The van der Waals surface area contributed by atoms with Crippen molar-refractivity contribution in [3.8, 4) is 0 Å². The SMILES string of the molecule is Cc1ccccc1NC(=O)c1cn(C)nc1C(F)F. The minimum absolute atomic E-state index is 0.110. The lowest BCUT2D eigenvalue weighted by Gasteiger charge is -2.07. The van der Waals surface area contributed by atoms with Crippen molar-refractivity contribution in [2.75, 3.05) is 5.32 Å². The van der Waals surface area contributed by atoms with E-state index in [1.807, 2.05) is 19.1 Å². The second-order valence-electron chi connectivity index (χ2n) is 4.17. The predicted octanol–water partition coefficient (Wildman–Crippen LogP) is 2.92. The third-order valence-corrected chi connectivity index (χ3v) is 2.70. The molecule has 4 nitrogen and oxygen atoms in total. The molecule has 0 spiro atoms. The highest BCUT2D eigenvalue weighted by Gasteiger charge is 2.22. The first-order chi connectivity index (χ1) is 8.99. The summed E-state index contributed by atoms with van der Waals surface area (Å²) >= 11 is 0. The topological polar surface area (TPSA) is 46.9 Å². The van der Waals surface area contributed by atoms with Crippen molar-refractivity contribution in [3.63, 3.8) is 0 Å². The molecule has 1 aromatic carbocycles. The smallest absolute Gasteiger partial charge is 0.282 e. The van der Waals surface area contributed by atoms with E-state index in [0.717, 1.165) is 5.56 Å². The van der Waals surface area contributed by atoms with E-state index in [0.29, 0.717) is 5.69 Å². The van der Waals surface area contributed by atoms with Crippen LogP contribution in [0.1, 0.15) is 28.0 Å². The van der Waals surface area contributed by atoms with Gasteiger partial charge in [0, 0.05) is 18.9 Å². The lowest BCUT2D eigenvalue weighted by atomic mass is 10.2. The number of anilines is 1. The van der Waals surface area contributed by atoms with Gasteiger partial charge in [-0.3, -0.25) is 9.48 Å². The Balaban J connectivity index is 2.28. The molecule has 0 bridgehead atoms. The summed E-state index contributed by atoms with van der Waals surface area (Å²) < 4.78 is 26.7. The third-order valence-electron chi connectivity index (χ3n) is 2.70. The van der Waals surface area contributed by atoms with E-state index in [1.165, 1.54) is 17.9 Å². The van der Waals surface area contributed by atoms with Crippen LogP contribution in [0.3, 0.4) is 0 Å². The summed E-state index contributed by atoms with van der Waals surface area (Å²) in [7, 11) is 1.50. The normalized spacial score (nSPS) is 10.8. The molecule has 0 fully saturated rings. The number of para-hydroxylation sites is 1. The van der Waals surface area contributed by atoms with Gasteiger partial charge in [-0.15, -0.1) is 0 Å². The summed E-state index contributed by atoms with van der Waals surface area (Å²) in [5.41, 5.74) is 0.837. The molecule has 100 valence electrons. The number of carbonyl (C=O) groups is 1. The fourth-order valence-corrected chi connectivity index (χ4v) is 1.74. The molecule has 1 heterocycles. The molecule has 0 saturated carbocycles. The van der Waals surface area contributed by atoms with Crippen LogP contribution in [0.2, 0.25) is 0 Å². The number of halogens is 2. The molecule has 1 aromatic heterocycles. The number of hydrogen-bond acceptors (Lipinski definition) is 2. The van der Waals surface area contributed by atoms with E-state index in [1.54, 1.807) is 12.1 Å². The number of carbonyl (C=O) groups excluding carboxylic acids is 1. The van der Waals surface area contributed by atoms with Crippen LogP contribution in [0.25, 0.3) is 0 Å². The fraction of sp³-hybridized carbons (Fsp3) is 0.231. The Hall–Kier alpha value is -2.24. The van der Waals surface area contributed by atoms with Crippen molar-refractivity contribution in [2.24, 2.45) is 7.05 Å². The molecule has 6 heteroatoms. The molecule has 0 radical (unpaired) electrons. The van der Waals surface area contributed by atoms with Gasteiger partial charge in [0.1, 0.15) is 5.69 Å². The van der Waals surface area contributed by atoms with Crippen LogP contribution in [0.5, 0.6) is 0 Å². The summed E-state index contributed by atoms with van der Waals surface area (Å²) in [6.45, 7) is 1.83. The van der Waals surface area contributed by atoms with Gasteiger partial charge in [-0.1, -0.05) is 18.2 Å². The molecule has 0 saturated heterocycles. The Morgan fingerprint density at radius 1 is 1.37 bits per heavy atom. The van der Waals surface area contributed by atoms with Gasteiger partial charge in [0.2, 0.25) is 0 Å². The van der Waals surface area contributed by atoms with Crippen LogP contribution >= 0.6 is 0 Å². The first-order valence-electron chi connectivity index (χ1n) is 5.67. The average molecular weight is 265 g/mol. The Morgan fingerprint density at radius 3 is 2.68 bits per heavy atom. The quantitative estimate of drug-likeness (QED) is 0.927. The lowest BCUT2D eigenvalue weighted by Crippen LogP contribution is -2.14. The van der Waals surface area contributed by atoms with Crippen molar-refractivity contribution >= 4 is 11.6 Å². The summed E-state index contributed by atoms with van der Waals surface area (Å²) in [5.74, 6) is -0.585. The number of alkyl halides is 2. The number of aromatic nitrogens is 2. The summed E-state index contributed by atoms with van der Waals surface area (Å²) in [6, 6.07) is 7.14. The summed E-state index contributed by atoms with van der Waals surface area (Å²) in [5, 5.41) is 6.21. The van der Waals surface area contributed by atoms with Crippen LogP contribution in [0.4, 0.5) is 14.5 Å².